The van der Waals surface area contributed by atoms with Crippen LogP contribution in [0.15, 0.2) is 0 Å². The van der Waals surface area contributed by atoms with Crippen molar-refractivity contribution in [2.24, 2.45) is 11.8 Å². The van der Waals surface area contributed by atoms with Gasteiger partial charge < -0.3 is 9.47 Å². The molecule has 0 N–H and O–H groups in total. The molecule has 0 aromatic rings. The molecule has 2 saturated heterocycles. The minimum atomic E-state index is -0.325. The lowest BCUT2D eigenvalue weighted by Gasteiger charge is -2.47. The second-order valence-electron chi connectivity index (χ2n) is 5.52. The smallest absolute Gasteiger partial charge is 0.183 e. The highest BCUT2D eigenvalue weighted by Crippen LogP contribution is 2.68. The molecule has 1 spiro atoms. The van der Waals surface area contributed by atoms with Gasteiger partial charge in [-0.05, 0) is 25.2 Å². The van der Waals surface area contributed by atoms with Crippen LogP contribution in [0.2, 0.25) is 0 Å². The third-order valence-corrected chi connectivity index (χ3v) is 9.86. The average Bonchev–Trinajstić information content (AvgIpc) is 2.89. The van der Waals surface area contributed by atoms with E-state index < -0.39 is 0 Å². The fourth-order valence-corrected chi connectivity index (χ4v) is 9.05. The van der Waals surface area contributed by atoms with Crippen LogP contribution < -0.4 is 0 Å². The monoisotopic (exact) mass is 336 g/mol. The van der Waals surface area contributed by atoms with Crippen molar-refractivity contribution in [2.75, 3.05) is 18.6 Å². The highest BCUT2D eigenvalue weighted by atomic mass is 79.9. The fourth-order valence-electron chi connectivity index (χ4n) is 4.28. The van der Waals surface area contributed by atoms with Crippen molar-refractivity contribution in [2.45, 2.75) is 40.1 Å². The Morgan fingerprint density at radius 1 is 1.18 bits per heavy atom. The molecule has 4 rings (SSSR count). The molecule has 0 aromatic heterocycles. The zero-order valence-electron chi connectivity index (χ0n) is 9.86. The summed E-state index contributed by atoms with van der Waals surface area (Å²) in [4.78, 5) is 0.370. The number of fused-ring (bicyclic) bond motifs is 4. The first-order valence-electron chi connectivity index (χ1n) is 6.36. The van der Waals surface area contributed by atoms with Gasteiger partial charge in [0.1, 0.15) is 0 Å². The molecular formula is C12H17BrO2S2. The lowest BCUT2D eigenvalue weighted by Crippen LogP contribution is -2.52. The van der Waals surface area contributed by atoms with Crippen molar-refractivity contribution >= 4 is 39.5 Å². The van der Waals surface area contributed by atoms with Crippen LogP contribution in [0.4, 0.5) is 0 Å². The van der Waals surface area contributed by atoms with E-state index >= 15 is 0 Å². The van der Waals surface area contributed by atoms with Crippen molar-refractivity contribution < 1.29 is 9.47 Å². The average molecular weight is 337 g/mol. The molecule has 2 aliphatic carbocycles. The van der Waals surface area contributed by atoms with Crippen LogP contribution in [0.3, 0.4) is 0 Å². The van der Waals surface area contributed by atoms with Gasteiger partial charge in [-0.25, -0.2) is 0 Å². The first-order chi connectivity index (χ1) is 8.21. The van der Waals surface area contributed by atoms with E-state index in [9.17, 15) is 0 Å². The number of halogens is 1. The Bertz CT molecular complexity index is 345. The molecule has 2 nitrogen and oxygen atoms in total. The maximum Gasteiger partial charge on any atom is 0.183 e. The van der Waals surface area contributed by atoms with Gasteiger partial charge in [-0.3, -0.25) is 0 Å². The first kappa shape index (κ1) is 11.9. The summed E-state index contributed by atoms with van der Waals surface area (Å²) in [5.41, 5.74) is 0. The number of alkyl halides is 1. The Labute approximate surface area is 119 Å². The van der Waals surface area contributed by atoms with Gasteiger partial charge >= 0.3 is 0 Å². The van der Waals surface area contributed by atoms with E-state index in [2.05, 4.69) is 39.5 Å². The lowest BCUT2D eigenvalue weighted by atomic mass is 9.70. The summed E-state index contributed by atoms with van der Waals surface area (Å²) in [5, 5.41) is 0. The normalized spacial score (nSPS) is 54.7. The van der Waals surface area contributed by atoms with E-state index in [1.807, 2.05) is 7.11 Å². The van der Waals surface area contributed by atoms with E-state index in [4.69, 9.17) is 9.47 Å². The maximum absolute atomic E-state index is 6.45. The van der Waals surface area contributed by atoms with Gasteiger partial charge in [0.2, 0.25) is 0 Å². The predicted octanol–water partition coefficient (Wildman–Crippen LogP) is 3.10. The SMILES string of the molecule is CO[C@]12O[C@@H]3C[C@H]1C[C@H](C[C@H]2Br)C31SCCS1. The molecule has 96 valence electrons. The van der Waals surface area contributed by atoms with E-state index in [-0.39, 0.29) is 5.79 Å². The summed E-state index contributed by atoms with van der Waals surface area (Å²) in [6, 6.07) is 0. The lowest BCUT2D eigenvalue weighted by molar-refractivity contribution is -0.227. The predicted molar refractivity (Wildman–Crippen MR) is 75.8 cm³/mol. The summed E-state index contributed by atoms with van der Waals surface area (Å²) in [6.45, 7) is 0. The van der Waals surface area contributed by atoms with Crippen molar-refractivity contribution in [1.82, 2.24) is 0 Å². The van der Waals surface area contributed by atoms with Gasteiger partial charge in [0.05, 0.1) is 15.0 Å². The summed E-state index contributed by atoms with van der Waals surface area (Å²) >= 11 is 8.16. The number of thioether (sulfide) groups is 2. The van der Waals surface area contributed by atoms with Crippen molar-refractivity contribution in [1.29, 1.82) is 0 Å². The van der Waals surface area contributed by atoms with E-state index in [0.29, 0.717) is 20.9 Å². The molecule has 4 fully saturated rings. The molecule has 0 radical (unpaired) electrons. The summed E-state index contributed by atoms with van der Waals surface area (Å²) in [7, 11) is 1.82. The van der Waals surface area contributed by atoms with Crippen LogP contribution in [0.25, 0.3) is 0 Å². The molecule has 5 atom stereocenters. The molecule has 2 heterocycles. The minimum absolute atomic E-state index is 0.325. The minimum Gasteiger partial charge on any atom is -0.352 e. The second-order valence-corrected chi connectivity index (χ2v) is 9.63. The molecule has 2 saturated carbocycles. The van der Waals surface area contributed by atoms with Gasteiger partial charge in [-0.15, -0.1) is 23.5 Å². The Kier molecular flexibility index (Phi) is 2.67. The third kappa shape index (κ3) is 1.33. The summed E-state index contributed by atoms with van der Waals surface area (Å²) < 4.78 is 12.6. The van der Waals surface area contributed by atoms with Crippen LogP contribution in [0.1, 0.15) is 19.3 Å². The van der Waals surface area contributed by atoms with Crippen molar-refractivity contribution in [3.8, 4) is 0 Å². The van der Waals surface area contributed by atoms with Gasteiger partial charge in [0.25, 0.3) is 0 Å². The van der Waals surface area contributed by atoms with E-state index in [1.54, 1.807) is 0 Å². The van der Waals surface area contributed by atoms with Gasteiger partial charge in [-0.2, -0.15) is 0 Å². The topological polar surface area (TPSA) is 18.5 Å². The second kappa shape index (κ2) is 3.81. The number of hydrogen-bond donors (Lipinski definition) is 0. The van der Waals surface area contributed by atoms with Crippen LogP contribution in [0, 0.1) is 11.8 Å². The summed E-state index contributed by atoms with van der Waals surface area (Å²) in [6.07, 6.45) is 4.12. The highest BCUT2D eigenvalue weighted by molar-refractivity contribution is 9.09. The zero-order chi connectivity index (χ0) is 11.7. The van der Waals surface area contributed by atoms with Crippen LogP contribution in [0.5, 0.6) is 0 Å². The number of hydrogen-bond acceptors (Lipinski definition) is 4. The molecule has 5 heteroatoms. The largest absolute Gasteiger partial charge is 0.352 e. The standard InChI is InChI=1S/C12H17BrO2S2/c1-14-11-7-4-8(5-9(11)13)12(10(6-7)15-11)16-2-3-17-12/h7-10H,2-6H2,1H3/t7-,8-,9-,10-,11+/m1/s1. The van der Waals surface area contributed by atoms with Gasteiger partial charge in [0.15, 0.2) is 5.79 Å². The zero-order valence-corrected chi connectivity index (χ0v) is 13.1. The van der Waals surface area contributed by atoms with Gasteiger partial charge in [0, 0.05) is 24.5 Å². The molecule has 3 bridgehead atoms. The van der Waals surface area contributed by atoms with Crippen molar-refractivity contribution in [3.63, 3.8) is 0 Å². The Hall–Kier alpha value is 1.10. The van der Waals surface area contributed by atoms with Crippen LogP contribution in [-0.2, 0) is 9.47 Å². The molecule has 17 heavy (non-hydrogen) atoms. The van der Waals surface area contributed by atoms with E-state index in [1.165, 1.54) is 30.8 Å². The van der Waals surface area contributed by atoms with Gasteiger partial charge in [-0.1, -0.05) is 15.9 Å². The first-order valence-corrected chi connectivity index (χ1v) is 9.25. The Balaban J connectivity index is 1.78. The van der Waals surface area contributed by atoms with E-state index in [0.717, 1.165) is 5.92 Å². The fraction of sp³-hybridized carbons (Fsp3) is 1.00. The van der Waals surface area contributed by atoms with Crippen LogP contribution >= 0.6 is 39.5 Å². The Morgan fingerprint density at radius 3 is 2.65 bits per heavy atom. The molecule has 0 unspecified atom stereocenters. The van der Waals surface area contributed by atoms with Crippen molar-refractivity contribution in [3.05, 3.63) is 0 Å². The number of methoxy groups -OCH3 is 1. The Morgan fingerprint density at radius 2 is 1.94 bits per heavy atom. The molecule has 0 aromatic carbocycles. The van der Waals surface area contributed by atoms with Crippen LogP contribution in [-0.4, -0.2) is 39.4 Å². The quantitative estimate of drug-likeness (QED) is 0.684. The molecule has 2 aliphatic heterocycles. The maximum atomic E-state index is 6.45. The third-order valence-electron chi connectivity index (χ3n) is 4.97. The summed E-state index contributed by atoms with van der Waals surface area (Å²) in [5.74, 6) is 3.66. The molecule has 4 aliphatic rings. The highest BCUT2D eigenvalue weighted by Gasteiger charge is 2.69. The number of ether oxygens (including phenoxy) is 2. The molecular weight excluding hydrogens is 320 g/mol. The number of rotatable bonds is 1. The molecule has 0 amide bonds.